The third kappa shape index (κ3) is 4.90. The molecular formula is C27H33N3O. The van der Waals surface area contributed by atoms with Crippen LogP contribution >= 0.6 is 0 Å². The molecule has 0 radical (unpaired) electrons. The van der Waals surface area contributed by atoms with Crippen molar-refractivity contribution in [3.05, 3.63) is 71.8 Å². The number of carbonyl (C=O) groups is 1. The predicted octanol–water partition coefficient (Wildman–Crippen LogP) is 6.10. The van der Waals surface area contributed by atoms with E-state index in [0.717, 1.165) is 18.5 Å². The minimum atomic E-state index is -0.0502. The highest BCUT2D eigenvalue weighted by molar-refractivity contribution is 5.93. The van der Waals surface area contributed by atoms with Crippen LogP contribution in [-0.2, 0) is 0 Å². The Bertz CT molecular complexity index is 1060. The number of nitrogens with one attached hydrogen (secondary N) is 1. The number of hydrogen-bond acceptors (Lipinski definition) is 2. The lowest BCUT2D eigenvalue weighted by atomic mass is 9.70. The maximum absolute atomic E-state index is 13.1. The summed E-state index contributed by atoms with van der Waals surface area (Å²) in [5.41, 5.74) is 6.67. The molecule has 1 aliphatic carbocycles. The highest BCUT2D eigenvalue weighted by Gasteiger charge is 2.33. The molecule has 0 spiro atoms. The molecule has 4 rings (SSSR count). The van der Waals surface area contributed by atoms with Crippen molar-refractivity contribution in [2.24, 2.45) is 11.3 Å². The minimum Gasteiger partial charge on any atom is -0.348 e. The van der Waals surface area contributed by atoms with Crippen LogP contribution in [0.4, 0.5) is 0 Å². The van der Waals surface area contributed by atoms with Gasteiger partial charge in [0.05, 0.1) is 12.5 Å². The number of hydrogen-bond donors (Lipinski definition) is 1. The molecule has 31 heavy (non-hydrogen) atoms. The van der Waals surface area contributed by atoms with Gasteiger partial charge < -0.3 is 5.32 Å². The van der Waals surface area contributed by atoms with Gasteiger partial charge in [0.25, 0.3) is 5.91 Å². The van der Waals surface area contributed by atoms with E-state index in [2.05, 4.69) is 87.4 Å². The molecule has 1 aliphatic rings. The van der Waals surface area contributed by atoms with E-state index in [0.29, 0.717) is 11.6 Å². The summed E-state index contributed by atoms with van der Waals surface area (Å²) in [6, 6.07) is 15.1. The quantitative estimate of drug-likeness (QED) is 0.559. The lowest BCUT2D eigenvalue weighted by molar-refractivity contribution is 0.0867. The Morgan fingerprint density at radius 3 is 2.35 bits per heavy atom. The van der Waals surface area contributed by atoms with Gasteiger partial charge in [-0.15, -0.1) is 0 Å². The molecule has 4 nitrogen and oxygen atoms in total. The second kappa shape index (κ2) is 8.33. The maximum atomic E-state index is 13.1. The van der Waals surface area contributed by atoms with Crippen molar-refractivity contribution < 1.29 is 4.79 Å². The summed E-state index contributed by atoms with van der Waals surface area (Å²) < 4.78 is 1.87. The molecule has 2 atom stereocenters. The first-order valence-corrected chi connectivity index (χ1v) is 11.2. The van der Waals surface area contributed by atoms with Crippen molar-refractivity contribution in [1.29, 1.82) is 0 Å². The Kier molecular flexibility index (Phi) is 5.74. The molecule has 0 aliphatic heterocycles. The Morgan fingerprint density at radius 1 is 1.03 bits per heavy atom. The molecule has 1 aromatic heterocycles. The Hall–Kier alpha value is -2.88. The number of amides is 1. The lowest BCUT2D eigenvalue weighted by Gasteiger charge is -2.39. The van der Waals surface area contributed by atoms with Crippen molar-refractivity contribution in [3.63, 3.8) is 0 Å². The van der Waals surface area contributed by atoms with Crippen molar-refractivity contribution >= 4 is 5.91 Å². The molecular weight excluding hydrogens is 382 g/mol. The Labute approximate surface area is 185 Å². The topological polar surface area (TPSA) is 46.9 Å². The monoisotopic (exact) mass is 415 g/mol. The fourth-order valence-electron chi connectivity index (χ4n) is 5.34. The van der Waals surface area contributed by atoms with Crippen molar-refractivity contribution in [3.8, 4) is 16.8 Å². The van der Waals surface area contributed by atoms with Gasteiger partial charge in [0.2, 0.25) is 0 Å². The summed E-state index contributed by atoms with van der Waals surface area (Å²) in [6.45, 7) is 11.1. The third-order valence-electron chi connectivity index (χ3n) is 6.29. The van der Waals surface area contributed by atoms with Crippen LogP contribution < -0.4 is 5.32 Å². The van der Waals surface area contributed by atoms with Gasteiger partial charge in [0, 0.05) is 11.7 Å². The average Bonchev–Trinajstić information content (AvgIpc) is 3.15. The molecule has 1 heterocycles. The van der Waals surface area contributed by atoms with E-state index in [1.54, 1.807) is 12.5 Å². The third-order valence-corrected chi connectivity index (χ3v) is 6.29. The van der Waals surface area contributed by atoms with Crippen molar-refractivity contribution in [2.45, 2.75) is 59.9 Å². The number of carbonyl (C=O) groups excluding carboxylic acids is 1. The normalized spacial score (nSPS) is 20.4. The van der Waals surface area contributed by atoms with Gasteiger partial charge in [0.1, 0.15) is 5.69 Å². The molecule has 162 valence electrons. The zero-order valence-electron chi connectivity index (χ0n) is 19.3. The van der Waals surface area contributed by atoms with Crippen LogP contribution in [0.2, 0.25) is 0 Å². The van der Waals surface area contributed by atoms with Crippen LogP contribution in [0.3, 0.4) is 0 Å². The fraction of sp³-hybridized carbons (Fsp3) is 0.407. The first-order valence-electron chi connectivity index (χ1n) is 11.2. The largest absolute Gasteiger partial charge is 0.348 e. The van der Waals surface area contributed by atoms with Gasteiger partial charge in [-0.05, 0) is 67.7 Å². The number of aryl methyl sites for hydroxylation is 2. The van der Waals surface area contributed by atoms with E-state index in [1.807, 2.05) is 4.57 Å². The maximum Gasteiger partial charge on any atom is 0.270 e. The second-order valence-electron chi connectivity index (χ2n) is 10.2. The summed E-state index contributed by atoms with van der Waals surface area (Å²) in [4.78, 5) is 17.3. The lowest BCUT2D eigenvalue weighted by Crippen LogP contribution is -2.43. The summed E-state index contributed by atoms with van der Waals surface area (Å²) >= 11 is 0. The van der Waals surface area contributed by atoms with Gasteiger partial charge in [-0.25, -0.2) is 4.98 Å². The number of rotatable bonds is 4. The molecule has 1 amide bonds. The summed E-state index contributed by atoms with van der Waals surface area (Å²) in [6.07, 6.45) is 6.64. The SMILES string of the molecule is Cc1cc(C)cc(-c2ccc(-n3cncc3C(=O)NC3CC(C)CC(C)(C)C3)cc2)c1. The number of benzene rings is 2. The molecule has 1 fully saturated rings. The Balaban J connectivity index is 1.53. The standard InChI is InChI=1S/C27H33N3O/c1-18-10-19(2)12-22(11-18)21-6-8-24(9-7-21)30-17-28-16-25(30)26(31)29-23-13-20(3)14-27(4,5)15-23/h6-12,16-17,20,23H,13-15H2,1-5H3,(H,29,31). The van der Waals surface area contributed by atoms with Crippen LogP contribution in [0, 0.1) is 25.2 Å². The van der Waals surface area contributed by atoms with Gasteiger partial charge in [-0.1, -0.05) is 62.2 Å². The molecule has 2 unspecified atom stereocenters. The van der Waals surface area contributed by atoms with Gasteiger partial charge in [-0.3, -0.25) is 9.36 Å². The van der Waals surface area contributed by atoms with E-state index < -0.39 is 0 Å². The predicted molar refractivity (Wildman–Crippen MR) is 127 cm³/mol. The van der Waals surface area contributed by atoms with Crippen LogP contribution in [-0.4, -0.2) is 21.5 Å². The minimum absolute atomic E-state index is 0.0502. The van der Waals surface area contributed by atoms with E-state index in [9.17, 15) is 4.79 Å². The van der Waals surface area contributed by atoms with Crippen molar-refractivity contribution in [1.82, 2.24) is 14.9 Å². The molecule has 1 saturated carbocycles. The summed E-state index contributed by atoms with van der Waals surface area (Å²) in [5, 5.41) is 3.27. The molecule has 1 N–H and O–H groups in total. The zero-order chi connectivity index (χ0) is 22.2. The van der Waals surface area contributed by atoms with Crippen LogP contribution in [0.5, 0.6) is 0 Å². The first kappa shape index (κ1) is 21.4. The Morgan fingerprint density at radius 2 is 1.71 bits per heavy atom. The van der Waals surface area contributed by atoms with Crippen molar-refractivity contribution in [2.75, 3.05) is 0 Å². The van der Waals surface area contributed by atoms with E-state index in [4.69, 9.17) is 0 Å². The first-order chi connectivity index (χ1) is 14.7. The highest BCUT2D eigenvalue weighted by Crippen LogP contribution is 2.38. The van der Waals surface area contributed by atoms with Gasteiger partial charge >= 0.3 is 0 Å². The van der Waals surface area contributed by atoms with Gasteiger partial charge in [0.15, 0.2) is 0 Å². The summed E-state index contributed by atoms with van der Waals surface area (Å²) in [5.74, 6) is 0.572. The summed E-state index contributed by atoms with van der Waals surface area (Å²) in [7, 11) is 0. The number of aromatic nitrogens is 2. The number of nitrogens with zero attached hydrogens (tertiary/aromatic N) is 2. The van der Waals surface area contributed by atoms with E-state index >= 15 is 0 Å². The molecule has 4 heteroatoms. The van der Waals surface area contributed by atoms with E-state index in [1.165, 1.54) is 28.7 Å². The molecule has 2 aromatic carbocycles. The molecule has 0 bridgehead atoms. The average molecular weight is 416 g/mol. The smallest absolute Gasteiger partial charge is 0.270 e. The molecule has 3 aromatic rings. The fourth-order valence-corrected chi connectivity index (χ4v) is 5.34. The molecule has 0 saturated heterocycles. The number of imidazole rings is 1. The highest BCUT2D eigenvalue weighted by atomic mass is 16.2. The second-order valence-corrected chi connectivity index (χ2v) is 10.2. The van der Waals surface area contributed by atoms with Crippen LogP contribution in [0.25, 0.3) is 16.8 Å². The van der Waals surface area contributed by atoms with Gasteiger partial charge in [-0.2, -0.15) is 0 Å². The van der Waals surface area contributed by atoms with Crippen LogP contribution in [0.1, 0.15) is 61.6 Å². The zero-order valence-corrected chi connectivity index (χ0v) is 19.3. The van der Waals surface area contributed by atoms with E-state index in [-0.39, 0.29) is 17.4 Å². The van der Waals surface area contributed by atoms with Crippen LogP contribution in [0.15, 0.2) is 55.0 Å².